The van der Waals surface area contributed by atoms with E-state index >= 15 is 0 Å². The van der Waals surface area contributed by atoms with E-state index in [2.05, 4.69) is 10.1 Å². The Morgan fingerprint density at radius 1 is 1.45 bits per heavy atom. The van der Waals surface area contributed by atoms with Crippen LogP contribution < -0.4 is 5.73 Å². The summed E-state index contributed by atoms with van der Waals surface area (Å²) in [6.07, 6.45) is 3.76. The average Bonchev–Trinajstić information content (AvgIpc) is 3.00. The van der Waals surface area contributed by atoms with Crippen molar-refractivity contribution < 1.29 is 9.32 Å². The Hall–Kier alpha value is -1.24. The van der Waals surface area contributed by atoms with Gasteiger partial charge in [-0.05, 0) is 39.2 Å². The summed E-state index contributed by atoms with van der Waals surface area (Å²) in [7, 11) is 0. The largest absolute Gasteiger partial charge is 0.339 e. The number of ketones is 1. The van der Waals surface area contributed by atoms with Crippen LogP contribution in [0.5, 0.6) is 0 Å². The summed E-state index contributed by atoms with van der Waals surface area (Å²) in [4.78, 5) is 18.8. The van der Waals surface area contributed by atoms with Crippen molar-refractivity contribution in [3.63, 3.8) is 0 Å². The number of carbonyl (C=O) groups is 1. The molecular formula is C15H20ClN3O2S. The fourth-order valence-corrected chi connectivity index (χ4v) is 3.55. The lowest BCUT2D eigenvalue weighted by atomic mass is 9.77. The van der Waals surface area contributed by atoms with Crippen LogP contribution in [0.4, 0.5) is 0 Å². The molecule has 0 atom stereocenters. The average molecular weight is 342 g/mol. The minimum atomic E-state index is -0.410. The first-order valence-electron chi connectivity index (χ1n) is 7.20. The van der Waals surface area contributed by atoms with Crippen LogP contribution in [0.1, 0.15) is 57.5 Å². The Morgan fingerprint density at radius 2 is 2.18 bits per heavy atom. The Labute approximate surface area is 139 Å². The van der Waals surface area contributed by atoms with E-state index in [-0.39, 0.29) is 18.2 Å². The maximum absolute atomic E-state index is 12.2. The van der Waals surface area contributed by atoms with Crippen molar-refractivity contribution in [2.24, 2.45) is 5.73 Å². The Morgan fingerprint density at radius 3 is 2.73 bits per heavy atom. The minimum absolute atomic E-state index is 0. The van der Waals surface area contributed by atoms with E-state index in [1.54, 1.807) is 11.3 Å². The third-order valence-electron chi connectivity index (χ3n) is 4.07. The molecule has 120 valence electrons. The second-order valence-electron chi connectivity index (χ2n) is 5.77. The molecule has 0 radical (unpaired) electrons. The molecule has 0 bridgehead atoms. The lowest BCUT2D eigenvalue weighted by Crippen LogP contribution is -2.44. The van der Waals surface area contributed by atoms with Crippen LogP contribution in [0, 0.1) is 13.8 Å². The van der Waals surface area contributed by atoms with Crippen molar-refractivity contribution >= 4 is 29.5 Å². The Kier molecular flexibility index (Phi) is 5.04. The highest BCUT2D eigenvalue weighted by molar-refractivity contribution is 7.12. The Bertz CT molecular complexity index is 676. The van der Waals surface area contributed by atoms with E-state index < -0.39 is 5.54 Å². The van der Waals surface area contributed by atoms with Crippen LogP contribution in [0.2, 0.25) is 0 Å². The molecule has 1 saturated carbocycles. The number of halogens is 1. The van der Waals surface area contributed by atoms with Crippen LogP contribution in [0.3, 0.4) is 0 Å². The number of nitrogens with zero attached hydrogens (tertiary/aromatic N) is 2. The zero-order valence-corrected chi connectivity index (χ0v) is 14.4. The van der Waals surface area contributed by atoms with Gasteiger partial charge >= 0.3 is 0 Å². The zero-order chi connectivity index (χ0) is 15.0. The lowest BCUT2D eigenvalue weighted by Gasteiger charge is -2.34. The highest BCUT2D eigenvalue weighted by Crippen LogP contribution is 2.36. The van der Waals surface area contributed by atoms with E-state index in [1.807, 2.05) is 19.9 Å². The van der Waals surface area contributed by atoms with E-state index in [4.69, 9.17) is 10.3 Å². The number of nitrogens with two attached hydrogens (primary N) is 1. The van der Waals surface area contributed by atoms with Gasteiger partial charge in [-0.25, -0.2) is 0 Å². The van der Waals surface area contributed by atoms with Crippen molar-refractivity contribution in [2.75, 3.05) is 0 Å². The molecular weight excluding hydrogens is 322 g/mol. The maximum Gasteiger partial charge on any atom is 0.227 e. The van der Waals surface area contributed by atoms with E-state index in [9.17, 15) is 4.79 Å². The van der Waals surface area contributed by atoms with Crippen LogP contribution in [-0.4, -0.2) is 15.9 Å². The van der Waals surface area contributed by atoms with E-state index in [0.29, 0.717) is 24.6 Å². The predicted octanol–water partition coefficient (Wildman–Crippen LogP) is 3.32. The molecule has 1 aliphatic carbocycles. The van der Waals surface area contributed by atoms with Gasteiger partial charge in [-0.15, -0.1) is 23.7 Å². The van der Waals surface area contributed by atoms with Crippen LogP contribution in [0.15, 0.2) is 10.6 Å². The molecule has 2 heterocycles. The summed E-state index contributed by atoms with van der Waals surface area (Å²) in [5, 5.41) is 3.96. The molecule has 7 heteroatoms. The first-order valence-corrected chi connectivity index (χ1v) is 8.02. The fraction of sp³-hybridized carbons (Fsp3) is 0.533. The third-order valence-corrected chi connectivity index (χ3v) is 5.03. The molecule has 0 saturated heterocycles. The standard InChI is InChI=1S/C15H19N3O2S.ClH/c1-9-8-11(10(2)21-9)12(19)4-5-13-17-14(18-20-13)15(16)6-3-7-15;/h8H,3-7,16H2,1-2H3;1H. The number of thiophene rings is 1. The number of hydrogen-bond donors (Lipinski definition) is 1. The number of aryl methyl sites for hydroxylation is 3. The van der Waals surface area contributed by atoms with Gasteiger partial charge in [-0.2, -0.15) is 4.98 Å². The normalized spacial score (nSPS) is 16.0. The van der Waals surface area contributed by atoms with Gasteiger partial charge in [0, 0.05) is 28.2 Å². The smallest absolute Gasteiger partial charge is 0.227 e. The lowest BCUT2D eigenvalue weighted by molar-refractivity contribution is 0.0979. The molecule has 0 spiro atoms. The van der Waals surface area contributed by atoms with Gasteiger partial charge in [0.2, 0.25) is 5.89 Å². The number of hydrogen-bond acceptors (Lipinski definition) is 6. The topological polar surface area (TPSA) is 82.0 Å². The van der Waals surface area contributed by atoms with E-state index in [1.165, 1.54) is 0 Å². The molecule has 0 unspecified atom stereocenters. The van der Waals surface area contributed by atoms with Crippen molar-refractivity contribution in [3.05, 3.63) is 33.1 Å². The monoisotopic (exact) mass is 341 g/mol. The van der Waals surface area contributed by atoms with Crippen LogP contribution in [0.25, 0.3) is 0 Å². The zero-order valence-electron chi connectivity index (χ0n) is 12.7. The summed E-state index contributed by atoms with van der Waals surface area (Å²) in [5.74, 6) is 1.21. The quantitative estimate of drug-likeness (QED) is 0.843. The molecule has 1 aliphatic rings. The van der Waals surface area contributed by atoms with Crippen molar-refractivity contribution in [2.45, 2.75) is 51.5 Å². The van der Waals surface area contributed by atoms with Gasteiger partial charge in [0.1, 0.15) is 0 Å². The fourth-order valence-electron chi connectivity index (χ4n) is 2.60. The summed E-state index contributed by atoms with van der Waals surface area (Å²) in [6, 6.07) is 1.95. The van der Waals surface area contributed by atoms with Gasteiger partial charge in [0.25, 0.3) is 0 Å². The Balaban J connectivity index is 0.00000176. The molecule has 2 aromatic heterocycles. The molecule has 2 N–H and O–H groups in total. The molecule has 22 heavy (non-hydrogen) atoms. The van der Waals surface area contributed by atoms with Crippen molar-refractivity contribution in [1.82, 2.24) is 10.1 Å². The molecule has 3 rings (SSSR count). The minimum Gasteiger partial charge on any atom is -0.339 e. The number of rotatable bonds is 5. The number of aromatic nitrogens is 2. The molecule has 0 aromatic carbocycles. The summed E-state index contributed by atoms with van der Waals surface area (Å²) < 4.78 is 5.22. The summed E-state index contributed by atoms with van der Waals surface area (Å²) in [5.41, 5.74) is 6.56. The third kappa shape index (κ3) is 3.24. The molecule has 2 aromatic rings. The maximum atomic E-state index is 12.2. The van der Waals surface area contributed by atoms with Crippen molar-refractivity contribution in [3.8, 4) is 0 Å². The van der Waals surface area contributed by atoms with Crippen molar-refractivity contribution in [1.29, 1.82) is 0 Å². The molecule has 0 aliphatic heterocycles. The molecule has 0 amide bonds. The first-order chi connectivity index (χ1) is 9.98. The number of carbonyl (C=O) groups excluding carboxylic acids is 1. The molecule has 5 nitrogen and oxygen atoms in total. The van der Waals surface area contributed by atoms with Gasteiger partial charge < -0.3 is 10.3 Å². The van der Waals surface area contributed by atoms with Gasteiger partial charge in [-0.1, -0.05) is 5.16 Å². The van der Waals surface area contributed by atoms with Gasteiger partial charge in [0.15, 0.2) is 11.6 Å². The second kappa shape index (κ2) is 6.48. The second-order valence-corrected chi connectivity index (χ2v) is 7.23. The van der Waals surface area contributed by atoms with Gasteiger partial charge in [0.05, 0.1) is 5.54 Å². The van der Waals surface area contributed by atoms with E-state index in [0.717, 1.165) is 34.6 Å². The summed E-state index contributed by atoms with van der Waals surface area (Å²) >= 11 is 1.65. The number of Topliss-reactive ketones (excluding diaryl/α,β-unsaturated/α-hetero) is 1. The van der Waals surface area contributed by atoms with Gasteiger partial charge in [-0.3, -0.25) is 4.79 Å². The van der Waals surface area contributed by atoms with Crippen LogP contribution in [-0.2, 0) is 12.0 Å². The summed E-state index contributed by atoms with van der Waals surface area (Å²) in [6.45, 7) is 3.99. The molecule has 1 fully saturated rings. The SMILES string of the molecule is Cc1cc(C(=O)CCc2nc(C3(N)CCC3)no2)c(C)s1.Cl. The first kappa shape index (κ1) is 17.1. The predicted molar refractivity (Wildman–Crippen MR) is 87.7 cm³/mol. The highest BCUT2D eigenvalue weighted by atomic mass is 35.5. The van der Waals surface area contributed by atoms with Crippen LogP contribution >= 0.6 is 23.7 Å². The highest BCUT2D eigenvalue weighted by Gasteiger charge is 2.38.